The molecule has 3 nitrogen and oxygen atoms in total. The Hall–Kier alpha value is -0.590. The number of anilines is 1. The molecular formula is C11H6Br3NO2. The molecule has 1 N–H and O–H groups in total. The summed E-state index contributed by atoms with van der Waals surface area (Å²) >= 11 is 9.85. The average molecular weight is 424 g/mol. The van der Waals surface area contributed by atoms with Gasteiger partial charge in [0.15, 0.2) is 10.4 Å². The molecule has 0 saturated carbocycles. The highest BCUT2D eigenvalue weighted by Crippen LogP contribution is 2.27. The van der Waals surface area contributed by atoms with E-state index in [0.29, 0.717) is 10.4 Å². The summed E-state index contributed by atoms with van der Waals surface area (Å²) in [5.41, 5.74) is 0.678. The minimum atomic E-state index is -0.297. The summed E-state index contributed by atoms with van der Waals surface area (Å²) in [5.74, 6) is -0.0433. The van der Waals surface area contributed by atoms with E-state index >= 15 is 0 Å². The minimum absolute atomic E-state index is 0.253. The van der Waals surface area contributed by atoms with Crippen LogP contribution in [0, 0.1) is 0 Å². The average Bonchev–Trinajstić information content (AvgIpc) is 2.70. The molecular weight excluding hydrogens is 418 g/mol. The van der Waals surface area contributed by atoms with Crippen molar-refractivity contribution < 1.29 is 9.21 Å². The summed E-state index contributed by atoms with van der Waals surface area (Å²) in [6.45, 7) is 0. The third-order valence-corrected chi connectivity index (χ3v) is 3.58. The van der Waals surface area contributed by atoms with Gasteiger partial charge in [-0.2, -0.15) is 0 Å². The fourth-order valence-corrected chi connectivity index (χ4v) is 2.23. The highest BCUT2D eigenvalue weighted by molar-refractivity contribution is 9.11. The van der Waals surface area contributed by atoms with Gasteiger partial charge >= 0.3 is 0 Å². The van der Waals surface area contributed by atoms with E-state index in [0.717, 1.165) is 8.95 Å². The van der Waals surface area contributed by atoms with Crippen LogP contribution in [0.25, 0.3) is 0 Å². The van der Waals surface area contributed by atoms with Crippen LogP contribution in [0.3, 0.4) is 0 Å². The second-order valence-corrected chi connectivity index (χ2v) is 5.73. The Morgan fingerprint density at radius 1 is 1.12 bits per heavy atom. The molecule has 1 aromatic carbocycles. The molecule has 17 heavy (non-hydrogen) atoms. The molecule has 0 unspecified atom stereocenters. The van der Waals surface area contributed by atoms with Crippen molar-refractivity contribution in [3.05, 3.63) is 49.7 Å². The summed E-state index contributed by atoms with van der Waals surface area (Å²) < 4.78 is 7.38. The van der Waals surface area contributed by atoms with Gasteiger partial charge in [-0.05, 0) is 62.2 Å². The Kier molecular flexibility index (Phi) is 4.06. The van der Waals surface area contributed by atoms with Crippen molar-refractivity contribution in [1.82, 2.24) is 0 Å². The second kappa shape index (κ2) is 5.37. The number of benzene rings is 1. The molecule has 0 aliphatic rings. The third-order valence-electron chi connectivity index (χ3n) is 1.97. The maximum Gasteiger partial charge on any atom is 0.291 e. The molecule has 1 aromatic heterocycles. The summed E-state index contributed by atoms with van der Waals surface area (Å²) in [6.07, 6.45) is 0. The Morgan fingerprint density at radius 3 is 2.53 bits per heavy atom. The van der Waals surface area contributed by atoms with Crippen molar-refractivity contribution in [2.75, 3.05) is 5.32 Å². The number of carbonyl (C=O) groups is 1. The lowest BCUT2D eigenvalue weighted by atomic mass is 10.3. The first-order valence-corrected chi connectivity index (χ1v) is 6.96. The van der Waals surface area contributed by atoms with Gasteiger partial charge in [-0.3, -0.25) is 4.79 Å². The number of hydrogen-bond donors (Lipinski definition) is 1. The van der Waals surface area contributed by atoms with Crippen molar-refractivity contribution in [2.45, 2.75) is 0 Å². The normalized spacial score (nSPS) is 10.3. The minimum Gasteiger partial charge on any atom is -0.444 e. The van der Waals surface area contributed by atoms with Gasteiger partial charge in [0.2, 0.25) is 0 Å². The fourth-order valence-electron chi connectivity index (χ4n) is 1.21. The highest BCUT2D eigenvalue weighted by atomic mass is 79.9. The zero-order valence-corrected chi connectivity index (χ0v) is 13.1. The van der Waals surface area contributed by atoms with Crippen molar-refractivity contribution in [3.8, 4) is 0 Å². The van der Waals surface area contributed by atoms with E-state index in [1.807, 2.05) is 12.1 Å². The predicted octanol–water partition coefficient (Wildman–Crippen LogP) is 4.82. The predicted molar refractivity (Wildman–Crippen MR) is 76.2 cm³/mol. The molecule has 0 bridgehead atoms. The molecule has 88 valence electrons. The fraction of sp³-hybridized carbons (Fsp3) is 0. The van der Waals surface area contributed by atoms with Gasteiger partial charge in [-0.1, -0.05) is 15.9 Å². The van der Waals surface area contributed by atoms with E-state index in [4.69, 9.17) is 4.42 Å². The van der Waals surface area contributed by atoms with Crippen LogP contribution >= 0.6 is 47.8 Å². The largest absolute Gasteiger partial charge is 0.444 e. The quantitative estimate of drug-likeness (QED) is 0.752. The monoisotopic (exact) mass is 421 g/mol. The molecule has 0 fully saturated rings. The molecule has 0 aliphatic carbocycles. The topological polar surface area (TPSA) is 42.2 Å². The van der Waals surface area contributed by atoms with Gasteiger partial charge in [-0.25, -0.2) is 0 Å². The van der Waals surface area contributed by atoms with Crippen molar-refractivity contribution >= 4 is 59.4 Å². The van der Waals surface area contributed by atoms with Crippen molar-refractivity contribution in [3.63, 3.8) is 0 Å². The first-order chi connectivity index (χ1) is 8.06. The maximum atomic E-state index is 11.8. The molecule has 2 aromatic rings. The lowest BCUT2D eigenvalue weighted by Crippen LogP contribution is -2.11. The Balaban J connectivity index is 2.21. The third kappa shape index (κ3) is 3.20. The molecule has 0 aliphatic heterocycles. The molecule has 0 atom stereocenters. The Bertz CT molecular complexity index is 566. The number of amides is 1. The lowest BCUT2D eigenvalue weighted by Gasteiger charge is -2.06. The first-order valence-electron chi connectivity index (χ1n) is 4.58. The number of halogens is 3. The van der Waals surface area contributed by atoms with Crippen LogP contribution in [0.2, 0.25) is 0 Å². The van der Waals surface area contributed by atoms with E-state index in [9.17, 15) is 4.79 Å². The van der Waals surface area contributed by atoms with Crippen LogP contribution in [0.15, 0.2) is 48.4 Å². The molecule has 0 saturated heterocycles. The SMILES string of the molecule is O=C(Nc1cc(Br)ccc1Br)c1ccc(Br)o1. The van der Waals surface area contributed by atoms with E-state index in [2.05, 4.69) is 53.1 Å². The number of hydrogen-bond acceptors (Lipinski definition) is 2. The van der Waals surface area contributed by atoms with Crippen LogP contribution in [-0.2, 0) is 0 Å². The van der Waals surface area contributed by atoms with Crippen molar-refractivity contribution in [1.29, 1.82) is 0 Å². The van der Waals surface area contributed by atoms with Gasteiger partial charge in [0, 0.05) is 8.95 Å². The summed E-state index contributed by atoms with van der Waals surface area (Å²) in [5, 5.41) is 2.75. The van der Waals surface area contributed by atoms with Crippen LogP contribution in [0.5, 0.6) is 0 Å². The standard InChI is InChI=1S/C11H6Br3NO2/c12-6-1-2-7(13)8(5-6)15-11(16)9-3-4-10(14)17-9/h1-5H,(H,15,16). The molecule has 6 heteroatoms. The highest BCUT2D eigenvalue weighted by Gasteiger charge is 2.12. The van der Waals surface area contributed by atoms with Gasteiger partial charge in [0.1, 0.15) is 0 Å². The summed E-state index contributed by atoms with van der Waals surface area (Å²) in [6, 6.07) is 8.80. The molecule has 2 rings (SSSR count). The van der Waals surface area contributed by atoms with E-state index in [1.54, 1.807) is 18.2 Å². The van der Waals surface area contributed by atoms with E-state index in [1.165, 1.54) is 0 Å². The second-order valence-electron chi connectivity index (χ2n) is 3.18. The molecule has 0 spiro atoms. The number of furan rings is 1. The summed E-state index contributed by atoms with van der Waals surface area (Å²) in [4.78, 5) is 11.8. The van der Waals surface area contributed by atoms with Crippen molar-refractivity contribution in [2.24, 2.45) is 0 Å². The van der Waals surface area contributed by atoms with E-state index in [-0.39, 0.29) is 11.7 Å². The van der Waals surface area contributed by atoms with Crippen LogP contribution < -0.4 is 5.32 Å². The Morgan fingerprint density at radius 2 is 1.88 bits per heavy atom. The van der Waals surface area contributed by atoms with Gasteiger partial charge in [-0.15, -0.1) is 0 Å². The van der Waals surface area contributed by atoms with Gasteiger partial charge < -0.3 is 9.73 Å². The molecule has 0 radical (unpaired) electrons. The van der Waals surface area contributed by atoms with Crippen LogP contribution in [0.1, 0.15) is 10.6 Å². The Labute approximate surface area is 123 Å². The first kappa shape index (κ1) is 12.9. The van der Waals surface area contributed by atoms with E-state index < -0.39 is 0 Å². The number of rotatable bonds is 2. The van der Waals surface area contributed by atoms with Gasteiger partial charge in [0.05, 0.1) is 5.69 Å². The number of nitrogens with one attached hydrogen (secondary N) is 1. The molecule has 1 heterocycles. The molecule has 1 amide bonds. The summed E-state index contributed by atoms with van der Waals surface area (Å²) in [7, 11) is 0. The smallest absolute Gasteiger partial charge is 0.291 e. The zero-order chi connectivity index (χ0) is 12.4. The number of carbonyl (C=O) groups excluding carboxylic acids is 1. The maximum absolute atomic E-state index is 11.8. The van der Waals surface area contributed by atoms with Crippen LogP contribution in [-0.4, -0.2) is 5.91 Å². The zero-order valence-electron chi connectivity index (χ0n) is 8.34. The van der Waals surface area contributed by atoms with Crippen LogP contribution in [0.4, 0.5) is 5.69 Å². The lowest BCUT2D eigenvalue weighted by molar-refractivity contribution is 0.0995. The van der Waals surface area contributed by atoms with Gasteiger partial charge in [0.25, 0.3) is 5.91 Å².